The molecule has 0 bridgehead atoms. The molecular weight excluding hydrogens is 298 g/mol. The summed E-state index contributed by atoms with van der Waals surface area (Å²) < 4.78 is 0. The van der Waals surface area contributed by atoms with Crippen LogP contribution in [0.15, 0.2) is 29.4 Å². The van der Waals surface area contributed by atoms with Gasteiger partial charge < -0.3 is 15.8 Å². The molecule has 3 N–H and O–H groups in total. The van der Waals surface area contributed by atoms with Gasteiger partial charge in [0, 0.05) is 37.1 Å². The molecule has 1 aromatic carbocycles. The lowest BCUT2D eigenvalue weighted by Gasteiger charge is -2.28. The van der Waals surface area contributed by atoms with E-state index in [2.05, 4.69) is 5.16 Å². The summed E-state index contributed by atoms with van der Waals surface area (Å²) in [6.45, 7) is 0.964. The highest BCUT2D eigenvalue weighted by Crippen LogP contribution is 2.14. The zero-order valence-corrected chi connectivity index (χ0v) is 12.8. The standard InChI is InChI=1S/C16H20N3O4/c17-16(18-23)12-3-1-11(2-4-12)14(21)5-6-15(22)19-9-7-13(20)8-10-19/h1-4,13,23H,5-10H2,(H2,17,18). The molecule has 1 fully saturated rings. The molecule has 0 atom stereocenters. The summed E-state index contributed by atoms with van der Waals surface area (Å²) in [6.07, 6.45) is 0.655. The number of likely N-dealkylation sites (tertiary alicyclic amines) is 1. The molecule has 23 heavy (non-hydrogen) atoms. The third-order valence-corrected chi connectivity index (χ3v) is 3.97. The summed E-state index contributed by atoms with van der Waals surface area (Å²) in [5.41, 5.74) is 6.45. The Bertz CT molecular complexity index is 590. The van der Waals surface area contributed by atoms with Crippen molar-refractivity contribution < 1.29 is 19.9 Å². The first-order valence-electron chi connectivity index (χ1n) is 7.56. The number of amidine groups is 1. The smallest absolute Gasteiger partial charge is 0.223 e. The highest BCUT2D eigenvalue weighted by Gasteiger charge is 2.22. The number of oxime groups is 1. The fraction of sp³-hybridized carbons (Fsp3) is 0.438. The Labute approximate surface area is 134 Å². The van der Waals surface area contributed by atoms with Gasteiger partial charge in [0.1, 0.15) is 0 Å². The number of hydrogen-bond acceptors (Lipinski definition) is 4. The van der Waals surface area contributed by atoms with Gasteiger partial charge in [0.05, 0.1) is 6.10 Å². The monoisotopic (exact) mass is 318 g/mol. The second kappa shape index (κ2) is 7.73. The number of nitrogens with two attached hydrogens (primary N) is 1. The van der Waals surface area contributed by atoms with Gasteiger partial charge in [0.25, 0.3) is 0 Å². The predicted molar refractivity (Wildman–Crippen MR) is 82.8 cm³/mol. The molecule has 1 saturated heterocycles. The molecule has 1 aromatic rings. The van der Waals surface area contributed by atoms with Crippen LogP contribution in [0.1, 0.15) is 41.6 Å². The highest BCUT2D eigenvalue weighted by molar-refractivity contribution is 6.00. The molecule has 1 amide bonds. The van der Waals surface area contributed by atoms with Gasteiger partial charge in [-0.2, -0.15) is 0 Å². The lowest BCUT2D eigenvalue weighted by molar-refractivity contribution is -0.133. The Balaban J connectivity index is 1.86. The van der Waals surface area contributed by atoms with Gasteiger partial charge in [-0.05, 0) is 12.8 Å². The molecule has 1 aliphatic rings. The Morgan fingerprint density at radius 3 is 2.26 bits per heavy atom. The molecule has 1 aliphatic heterocycles. The van der Waals surface area contributed by atoms with Crippen LogP contribution in [0, 0.1) is 0 Å². The number of ketones is 1. The van der Waals surface area contributed by atoms with Crippen molar-refractivity contribution in [3.05, 3.63) is 35.4 Å². The van der Waals surface area contributed by atoms with Crippen molar-refractivity contribution >= 4 is 17.5 Å². The largest absolute Gasteiger partial charge is 0.409 e. The first kappa shape index (κ1) is 17.0. The van der Waals surface area contributed by atoms with Crippen LogP contribution in [0.5, 0.6) is 0 Å². The minimum absolute atomic E-state index is 0.0269. The van der Waals surface area contributed by atoms with E-state index < -0.39 is 6.10 Å². The van der Waals surface area contributed by atoms with Gasteiger partial charge in [-0.1, -0.05) is 29.4 Å². The van der Waals surface area contributed by atoms with E-state index in [1.807, 2.05) is 0 Å². The van der Waals surface area contributed by atoms with Crippen LogP contribution in [0.25, 0.3) is 0 Å². The molecule has 7 heteroatoms. The average molecular weight is 318 g/mol. The Morgan fingerprint density at radius 2 is 1.70 bits per heavy atom. The maximum absolute atomic E-state index is 12.1. The van der Waals surface area contributed by atoms with Crippen LogP contribution in [0.2, 0.25) is 0 Å². The molecule has 2 rings (SSSR count). The first-order valence-corrected chi connectivity index (χ1v) is 7.56. The number of Topliss-reactive ketones (excluding diaryl/α,β-unsaturated/α-hetero) is 1. The molecule has 123 valence electrons. The van der Waals surface area contributed by atoms with E-state index in [0.717, 1.165) is 0 Å². The molecule has 7 nitrogen and oxygen atoms in total. The summed E-state index contributed by atoms with van der Waals surface area (Å²) >= 11 is 0. The second-order valence-corrected chi connectivity index (χ2v) is 5.57. The molecule has 0 aliphatic carbocycles. The quantitative estimate of drug-likeness (QED) is 0.278. The predicted octanol–water partition coefficient (Wildman–Crippen LogP) is 1.17. The zero-order valence-electron chi connectivity index (χ0n) is 12.8. The van der Waals surface area contributed by atoms with E-state index in [4.69, 9.17) is 10.9 Å². The van der Waals surface area contributed by atoms with Crippen LogP contribution in [0.3, 0.4) is 0 Å². The van der Waals surface area contributed by atoms with E-state index in [1.165, 1.54) is 0 Å². The fourth-order valence-corrected chi connectivity index (χ4v) is 2.51. The lowest BCUT2D eigenvalue weighted by Crippen LogP contribution is -2.39. The Morgan fingerprint density at radius 1 is 1.13 bits per heavy atom. The number of carbonyl (C=O) groups excluding carboxylic acids is 2. The molecular formula is C16H20N3O4. The molecule has 0 saturated carbocycles. The van der Waals surface area contributed by atoms with Gasteiger partial charge in [-0.25, -0.2) is 5.11 Å². The van der Waals surface area contributed by atoms with Crippen molar-refractivity contribution in [1.82, 2.24) is 4.90 Å². The first-order chi connectivity index (χ1) is 11.0. The number of nitrogens with zero attached hydrogens (tertiary/aromatic N) is 2. The number of carbonyl (C=O) groups is 2. The number of piperidine rings is 1. The van der Waals surface area contributed by atoms with Crippen LogP contribution in [0.4, 0.5) is 0 Å². The summed E-state index contributed by atoms with van der Waals surface area (Å²) in [6, 6.07) is 6.35. The van der Waals surface area contributed by atoms with Gasteiger partial charge in [-0.15, -0.1) is 0 Å². The second-order valence-electron chi connectivity index (χ2n) is 5.57. The molecule has 1 heterocycles. The van der Waals surface area contributed by atoms with Gasteiger partial charge >= 0.3 is 0 Å². The minimum Gasteiger partial charge on any atom is -0.409 e. The van der Waals surface area contributed by atoms with Crippen LogP contribution in [-0.4, -0.2) is 46.8 Å². The third kappa shape index (κ3) is 4.53. The number of benzene rings is 1. The number of hydrogen-bond donors (Lipinski definition) is 2. The lowest BCUT2D eigenvalue weighted by atomic mass is 10.0. The van der Waals surface area contributed by atoms with Crippen LogP contribution >= 0.6 is 0 Å². The van der Waals surface area contributed by atoms with Crippen molar-refractivity contribution in [1.29, 1.82) is 0 Å². The molecule has 0 aromatic heterocycles. The summed E-state index contributed by atoms with van der Waals surface area (Å²) in [5.74, 6) is -0.248. The number of rotatable bonds is 5. The normalized spacial score (nSPS) is 16.4. The van der Waals surface area contributed by atoms with Crippen LogP contribution < -0.4 is 5.73 Å². The molecule has 0 unspecified atom stereocenters. The number of amides is 1. The highest BCUT2D eigenvalue weighted by atomic mass is 16.4. The van der Waals surface area contributed by atoms with E-state index in [0.29, 0.717) is 37.1 Å². The van der Waals surface area contributed by atoms with Crippen LogP contribution in [-0.2, 0) is 9.90 Å². The van der Waals surface area contributed by atoms with Crippen molar-refractivity contribution in [2.45, 2.75) is 31.8 Å². The fourth-order valence-electron chi connectivity index (χ4n) is 2.51. The van der Waals surface area contributed by atoms with E-state index in [9.17, 15) is 14.7 Å². The van der Waals surface area contributed by atoms with Crippen molar-refractivity contribution in [2.75, 3.05) is 13.1 Å². The maximum atomic E-state index is 12.1. The third-order valence-electron chi connectivity index (χ3n) is 3.97. The topological polar surface area (TPSA) is 116 Å². The zero-order chi connectivity index (χ0) is 16.8. The van der Waals surface area contributed by atoms with Crippen molar-refractivity contribution in [3.8, 4) is 0 Å². The molecule has 1 radical (unpaired) electrons. The van der Waals surface area contributed by atoms with Gasteiger partial charge in [0.15, 0.2) is 11.6 Å². The summed E-state index contributed by atoms with van der Waals surface area (Å²) in [7, 11) is 0. The van der Waals surface area contributed by atoms with E-state index >= 15 is 0 Å². The summed E-state index contributed by atoms with van der Waals surface area (Å²) in [4.78, 5) is 25.8. The van der Waals surface area contributed by atoms with E-state index in [1.54, 1.807) is 29.2 Å². The minimum atomic E-state index is -0.575. The maximum Gasteiger partial charge on any atom is 0.223 e. The van der Waals surface area contributed by atoms with Gasteiger partial charge in [0.2, 0.25) is 5.91 Å². The van der Waals surface area contributed by atoms with Gasteiger partial charge in [-0.3, -0.25) is 9.59 Å². The molecule has 0 spiro atoms. The average Bonchev–Trinajstić information content (AvgIpc) is 2.59. The van der Waals surface area contributed by atoms with Crippen molar-refractivity contribution in [3.63, 3.8) is 0 Å². The van der Waals surface area contributed by atoms with Crippen molar-refractivity contribution in [2.24, 2.45) is 10.9 Å². The Kier molecular flexibility index (Phi) is 5.70. The summed E-state index contributed by atoms with van der Waals surface area (Å²) in [5, 5.41) is 22.7. The Hall–Kier alpha value is -2.41. The van der Waals surface area contributed by atoms with E-state index in [-0.39, 0.29) is 30.4 Å². The SMILES string of the molecule is NC(=NO)c1ccc(C(=O)CCC(=O)N2CCC([O])CC2)cc1.